The van der Waals surface area contributed by atoms with Gasteiger partial charge in [-0.15, -0.1) is 0 Å². The smallest absolute Gasteiger partial charge is 0.402 e. The van der Waals surface area contributed by atoms with Crippen LogP contribution < -0.4 is 15.7 Å². The van der Waals surface area contributed by atoms with Crippen LogP contribution in [0.15, 0.2) is 47.3 Å². The van der Waals surface area contributed by atoms with Gasteiger partial charge in [0, 0.05) is 17.7 Å². The second-order valence-electron chi connectivity index (χ2n) is 8.64. The second kappa shape index (κ2) is 10.1. The predicted molar refractivity (Wildman–Crippen MR) is 126 cm³/mol. The standard InChI is InChI=1S/C24H24ClF3N4O3/c1-13(2)35-16-8-6-15(7-9-16)19-30-20(32-22(34)31-19)17-11-14(5-10-18(17)25)12-29-21(33)23(3,4)24(26,27)28/h5-11,13H,12H2,1-4H3,(H,29,33)(H,30,31,32,34). The van der Waals surface area contributed by atoms with Crippen molar-refractivity contribution in [2.45, 2.75) is 46.5 Å². The number of nitrogens with one attached hydrogen (secondary N) is 2. The Hall–Kier alpha value is -3.40. The molecule has 0 aliphatic rings. The zero-order chi connectivity index (χ0) is 26.0. The normalized spacial score (nSPS) is 12.0. The van der Waals surface area contributed by atoms with Crippen molar-refractivity contribution in [3.05, 3.63) is 63.5 Å². The van der Waals surface area contributed by atoms with Gasteiger partial charge in [0.2, 0.25) is 5.91 Å². The molecule has 186 valence electrons. The summed E-state index contributed by atoms with van der Waals surface area (Å²) >= 11 is 6.31. The highest BCUT2D eigenvalue weighted by Gasteiger charge is 2.52. The molecule has 2 aromatic carbocycles. The van der Waals surface area contributed by atoms with E-state index in [2.05, 4.69) is 20.3 Å². The number of benzene rings is 2. The number of H-pyrrole nitrogens is 1. The fourth-order valence-electron chi connectivity index (χ4n) is 2.99. The third-order valence-electron chi connectivity index (χ3n) is 5.15. The second-order valence-corrected chi connectivity index (χ2v) is 9.04. The molecule has 0 spiro atoms. The lowest BCUT2D eigenvalue weighted by atomic mass is 9.91. The number of aromatic amines is 1. The molecule has 2 N–H and O–H groups in total. The van der Waals surface area contributed by atoms with Crippen LogP contribution >= 0.6 is 11.6 Å². The van der Waals surface area contributed by atoms with Gasteiger partial charge in [0.15, 0.2) is 5.82 Å². The number of alkyl halides is 3. The molecule has 0 aliphatic carbocycles. The largest absolute Gasteiger partial charge is 0.491 e. The SMILES string of the molecule is CC(C)Oc1ccc(-c2nc(-c3cc(CNC(=O)C(C)(C)C(F)(F)F)ccc3Cl)[nH]c(=O)n2)cc1. The number of halogens is 4. The first-order valence-corrected chi connectivity index (χ1v) is 11.0. The van der Waals surface area contributed by atoms with E-state index in [-0.39, 0.29) is 29.3 Å². The first kappa shape index (κ1) is 26.2. The first-order chi connectivity index (χ1) is 16.3. The summed E-state index contributed by atoms with van der Waals surface area (Å²) in [7, 11) is 0. The number of hydrogen-bond donors (Lipinski definition) is 2. The van der Waals surface area contributed by atoms with Crippen molar-refractivity contribution in [2.75, 3.05) is 0 Å². The number of hydrogen-bond acceptors (Lipinski definition) is 5. The van der Waals surface area contributed by atoms with E-state index in [1.807, 2.05) is 13.8 Å². The average molecular weight is 509 g/mol. The van der Waals surface area contributed by atoms with Crippen molar-refractivity contribution in [3.63, 3.8) is 0 Å². The Morgan fingerprint density at radius 3 is 2.37 bits per heavy atom. The summed E-state index contributed by atoms with van der Waals surface area (Å²) in [4.78, 5) is 35.2. The van der Waals surface area contributed by atoms with Crippen LogP contribution in [0.25, 0.3) is 22.8 Å². The molecule has 0 aliphatic heterocycles. The molecule has 0 atom stereocenters. The maximum Gasteiger partial charge on any atom is 0.402 e. The van der Waals surface area contributed by atoms with Crippen molar-refractivity contribution < 1.29 is 22.7 Å². The van der Waals surface area contributed by atoms with Gasteiger partial charge in [0.05, 0.1) is 11.1 Å². The van der Waals surface area contributed by atoms with E-state index in [1.54, 1.807) is 30.3 Å². The van der Waals surface area contributed by atoms with E-state index < -0.39 is 23.2 Å². The van der Waals surface area contributed by atoms with Gasteiger partial charge in [0.25, 0.3) is 0 Å². The van der Waals surface area contributed by atoms with Crippen LogP contribution in [0.1, 0.15) is 33.3 Å². The van der Waals surface area contributed by atoms with Crippen molar-refractivity contribution in [1.29, 1.82) is 0 Å². The zero-order valence-electron chi connectivity index (χ0n) is 19.5. The number of rotatable bonds is 7. The molecule has 3 rings (SSSR count). The monoisotopic (exact) mass is 508 g/mol. The van der Waals surface area contributed by atoms with Gasteiger partial charge < -0.3 is 10.1 Å². The summed E-state index contributed by atoms with van der Waals surface area (Å²) in [6.45, 7) is 5.25. The van der Waals surface area contributed by atoms with E-state index in [1.165, 1.54) is 12.1 Å². The molecule has 0 saturated heterocycles. The minimum atomic E-state index is -4.70. The zero-order valence-corrected chi connectivity index (χ0v) is 20.2. The molecule has 1 aromatic heterocycles. The summed E-state index contributed by atoms with van der Waals surface area (Å²) in [6.07, 6.45) is -4.69. The maximum atomic E-state index is 13.1. The first-order valence-electron chi connectivity index (χ1n) is 10.7. The van der Waals surface area contributed by atoms with Crippen molar-refractivity contribution in [2.24, 2.45) is 5.41 Å². The maximum absolute atomic E-state index is 13.1. The molecule has 3 aromatic rings. The highest BCUT2D eigenvalue weighted by atomic mass is 35.5. The lowest BCUT2D eigenvalue weighted by molar-refractivity contribution is -0.211. The topological polar surface area (TPSA) is 97.0 Å². The summed E-state index contributed by atoms with van der Waals surface area (Å²) in [5.74, 6) is -0.234. The Kier molecular flexibility index (Phi) is 7.54. The summed E-state index contributed by atoms with van der Waals surface area (Å²) in [6, 6.07) is 11.5. The molecule has 0 radical (unpaired) electrons. The Morgan fingerprint density at radius 1 is 1.11 bits per heavy atom. The van der Waals surface area contributed by atoms with Gasteiger partial charge in [-0.1, -0.05) is 17.7 Å². The van der Waals surface area contributed by atoms with Gasteiger partial charge in [-0.25, -0.2) is 9.78 Å². The Bertz CT molecular complexity index is 1270. The molecular formula is C24H24ClF3N4O3. The van der Waals surface area contributed by atoms with Crippen LogP contribution in [0, 0.1) is 5.41 Å². The van der Waals surface area contributed by atoms with Crippen molar-refractivity contribution in [3.8, 4) is 28.5 Å². The molecule has 1 amide bonds. The molecule has 0 saturated carbocycles. The van der Waals surface area contributed by atoms with Gasteiger partial charge in [-0.3, -0.25) is 9.78 Å². The van der Waals surface area contributed by atoms with Gasteiger partial charge in [0.1, 0.15) is 17.0 Å². The van der Waals surface area contributed by atoms with E-state index in [0.29, 0.717) is 22.4 Å². The van der Waals surface area contributed by atoms with Gasteiger partial charge in [-0.2, -0.15) is 18.2 Å². The van der Waals surface area contributed by atoms with Crippen LogP contribution in [-0.4, -0.2) is 33.1 Å². The molecule has 0 bridgehead atoms. The van der Waals surface area contributed by atoms with E-state index in [0.717, 1.165) is 13.8 Å². The minimum Gasteiger partial charge on any atom is -0.491 e. The molecule has 35 heavy (non-hydrogen) atoms. The van der Waals surface area contributed by atoms with Crippen LogP contribution in [0.4, 0.5) is 13.2 Å². The van der Waals surface area contributed by atoms with Crippen molar-refractivity contribution in [1.82, 2.24) is 20.3 Å². The number of carbonyl (C=O) groups excluding carboxylic acids is 1. The highest BCUT2D eigenvalue weighted by molar-refractivity contribution is 6.33. The molecule has 11 heteroatoms. The highest BCUT2D eigenvalue weighted by Crippen LogP contribution is 2.37. The average Bonchev–Trinajstić information content (AvgIpc) is 2.77. The lowest BCUT2D eigenvalue weighted by Gasteiger charge is -2.26. The van der Waals surface area contributed by atoms with Gasteiger partial charge in [-0.05, 0) is 69.7 Å². The predicted octanol–water partition coefficient (Wildman–Crippen LogP) is 5.14. The molecule has 7 nitrogen and oxygen atoms in total. The third-order valence-corrected chi connectivity index (χ3v) is 5.48. The molecule has 0 unspecified atom stereocenters. The number of ether oxygens (including phenoxy) is 1. The quantitative estimate of drug-likeness (QED) is 0.460. The van der Waals surface area contributed by atoms with Crippen LogP contribution in [0.2, 0.25) is 5.02 Å². The van der Waals surface area contributed by atoms with Gasteiger partial charge >= 0.3 is 11.9 Å². The molecule has 0 fully saturated rings. The summed E-state index contributed by atoms with van der Waals surface area (Å²) in [5.41, 5.74) is -1.84. The number of carbonyl (C=O) groups is 1. The fraction of sp³-hybridized carbons (Fsp3) is 0.333. The van der Waals surface area contributed by atoms with E-state index in [9.17, 15) is 22.8 Å². The van der Waals surface area contributed by atoms with Crippen LogP contribution in [0.3, 0.4) is 0 Å². The van der Waals surface area contributed by atoms with Crippen LogP contribution in [-0.2, 0) is 11.3 Å². The van der Waals surface area contributed by atoms with Crippen molar-refractivity contribution >= 4 is 17.5 Å². The number of nitrogens with zero attached hydrogens (tertiary/aromatic N) is 2. The van der Waals surface area contributed by atoms with Crippen LogP contribution in [0.5, 0.6) is 5.75 Å². The third kappa shape index (κ3) is 6.19. The Morgan fingerprint density at radius 2 is 1.77 bits per heavy atom. The lowest BCUT2D eigenvalue weighted by Crippen LogP contribution is -2.46. The number of amides is 1. The fourth-order valence-corrected chi connectivity index (χ4v) is 3.20. The summed E-state index contributed by atoms with van der Waals surface area (Å²) < 4.78 is 44.9. The Balaban J connectivity index is 1.88. The van der Waals surface area contributed by atoms with E-state index >= 15 is 0 Å². The number of aromatic nitrogens is 3. The minimum absolute atomic E-state index is 0.00186. The Labute approximate surface area is 204 Å². The molecular weight excluding hydrogens is 485 g/mol. The molecule has 1 heterocycles. The van der Waals surface area contributed by atoms with E-state index in [4.69, 9.17) is 16.3 Å². The summed E-state index contributed by atoms with van der Waals surface area (Å²) in [5, 5.41) is 2.54.